The predicted octanol–water partition coefficient (Wildman–Crippen LogP) is 5.65. The monoisotopic (exact) mass is 449 g/mol. The van der Waals surface area contributed by atoms with Crippen molar-refractivity contribution in [2.24, 2.45) is 0 Å². The number of alkyl halides is 3. The second kappa shape index (κ2) is 8.58. The summed E-state index contributed by atoms with van der Waals surface area (Å²) in [5.74, 6) is -0.631. The van der Waals surface area contributed by atoms with Gasteiger partial charge in [-0.25, -0.2) is 9.78 Å². The van der Waals surface area contributed by atoms with Gasteiger partial charge in [0.1, 0.15) is 15.5 Å². The van der Waals surface area contributed by atoms with Gasteiger partial charge in [-0.05, 0) is 45.9 Å². The molecule has 0 aliphatic heterocycles. The van der Waals surface area contributed by atoms with Crippen molar-refractivity contribution in [1.29, 1.82) is 0 Å². The van der Waals surface area contributed by atoms with Crippen LogP contribution < -0.4 is 10.6 Å². The number of rotatable bonds is 4. The number of halogens is 4. The number of alkyl carbamates (subject to hydrolysis) is 1. The van der Waals surface area contributed by atoms with Gasteiger partial charge in [-0.1, -0.05) is 11.6 Å². The van der Waals surface area contributed by atoms with Gasteiger partial charge >= 0.3 is 12.3 Å². The van der Waals surface area contributed by atoms with Crippen LogP contribution in [0, 0.1) is 0 Å². The van der Waals surface area contributed by atoms with Crippen molar-refractivity contribution < 1.29 is 27.5 Å². The molecule has 0 aliphatic carbocycles. The molecule has 1 heterocycles. The van der Waals surface area contributed by atoms with E-state index in [1.165, 1.54) is 12.3 Å². The molecule has 6 nitrogen and oxygen atoms in total. The fourth-order valence-electron chi connectivity index (χ4n) is 2.15. The Kier molecular flexibility index (Phi) is 6.79. The summed E-state index contributed by atoms with van der Waals surface area (Å²) in [5, 5.41) is 4.96. The number of carbonyl (C=O) groups is 2. The molecule has 2 aromatic rings. The molecule has 1 unspecified atom stereocenters. The van der Waals surface area contributed by atoms with E-state index < -0.39 is 40.4 Å². The van der Waals surface area contributed by atoms with Gasteiger partial charge in [-0.15, -0.1) is 11.3 Å². The molecule has 0 saturated carbocycles. The van der Waals surface area contributed by atoms with Gasteiger partial charge in [0, 0.05) is 5.69 Å². The molecule has 1 atom stereocenters. The standard InChI is InChI=1S/C18H19ClF3N3O3S/c1-9(24-16(27)28-17(2,3)4)15-23-8-13(29-15)14(26)25-10-5-6-12(19)11(7-10)18(20,21)22/h5-9H,1-4H3,(H,24,27)(H,25,26). The topological polar surface area (TPSA) is 80.3 Å². The molecule has 0 aliphatic rings. The van der Waals surface area contributed by atoms with Crippen molar-refractivity contribution >= 4 is 40.6 Å². The van der Waals surface area contributed by atoms with Gasteiger partial charge in [0.05, 0.1) is 22.8 Å². The van der Waals surface area contributed by atoms with Crippen molar-refractivity contribution in [1.82, 2.24) is 10.3 Å². The van der Waals surface area contributed by atoms with E-state index in [-0.39, 0.29) is 10.6 Å². The highest BCUT2D eigenvalue weighted by atomic mass is 35.5. The number of hydrogen-bond donors (Lipinski definition) is 2. The Labute approximate surface area is 174 Å². The van der Waals surface area contributed by atoms with Crippen LogP contribution in [0.2, 0.25) is 5.02 Å². The molecule has 2 N–H and O–H groups in total. The first-order valence-corrected chi connectivity index (χ1v) is 9.59. The predicted molar refractivity (Wildman–Crippen MR) is 104 cm³/mol. The largest absolute Gasteiger partial charge is 0.444 e. The van der Waals surface area contributed by atoms with Crippen molar-refractivity contribution in [3.63, 3.8) is 0 Å². The van der Waals surface area contributed by atoms with E-state index in [2.05, 4.69) is 15.6 Å². The minimum absolute atomic E-state index is 0.0541. The maximum Gasteiger partial charge on any atom is 0.417 e. The van der Waals surface area contributed by atoms with Gasteiger partial charge < -0.3 is 15.4 Å². The Morgan fingerprint density at radius 3 is 2.48 bits per heavy atom. The van der Waals surface area contributed by atoms with E-state index in [1.807, 2.05) is 0 Å². The Balaban J connectivity index is 2.07. The maximum atomic E-state index is 12.9. The third-order valence-electron chi connectivity index (χ3n) is 3.38. The molecule has 11 heteroatoms. The summed E-state index contributed by atoms with van der Waals surface area (Å²) in [6, 6.07) is 2.56. The summed E-state index contributed by atoms with van der Waals surface area (Å²) < 4.78 is 44.0. The molecule has 2 rings (SSSR count). The highest BCUT2D eigenvalue weighted by molar-refractivity contribution is 7.13. The smallest absolute Gasteiger partial charge is 0.417 e. The summed E-state index contributed by atoms with van der Waals surface area (Å²) in [5.41, 5.74) is -1.76. The maximum absolute atomic E-state index is 12.9. The van der Waals surface area contributed by atoms with Crippen LogP contribution in [-0.4, -0.2) is 22.6 Å². The number of benzene rings is 1. The van der Waals surface area contributed by atoms with Crippen LogP contribution in [0.1, 0.15) is 54.0 Å². The molecule has 0 fully saturated rings. The van der Waals surface area contributed by atoms with E-state index in [9.17, 15) is 22.8 Å². The van der Waals surface area contributed by atoms with Crippen LogP contribution in [0.5, 0.6) is 0 Å². The van der Waals surface area contributed by atoms with Crippen LogP contribution in [0.3, 0.4) is 0 Å². The molecule has 0 saturated heterocycles. The first kappa shape index (κ1) is 23.0. The number of nitrogens with one attached hydrogen (secondary N) is 2. The summed E-state index contributed by atoms with van der Waals surface area (Å²) in [6.07, 6.45) is -3.99. The van der Waals surface area contributed by atoms with Crippen LogP contribution in [0.15, 0.2) is 24.4 Å². The van der Waals surface area contributed by atoms with Crippen molar-refractivity contribution in [2.75, 3.05) is 5.32 Å². The lowest BCUT2D eigenvalue weighted by molar-refractivity contribution is -0.137. The average molecular weight is 450 g/mol. The highest BCUT2D eigenvalue weighted by Crippen LogP contribution is 2.36. The highest BCUT2D eigenvalue weighted by Gasteiger charge is 2.33. The molecule has 29 heavy (non-hydrogen) atoms. The molecular formula is C18H19ClF3N3O3S. The molecule has 0 bridgehead atoms. The normalized spacial score (nSPS) is 13.0. The summed E-state index contributed by atoms with van der Waals surface area (Å²) in [6.45, 7) is 6.84. The zero-order valence-electron chi connectivity index (χ0n) is 16.0. The van der Waals surface area contributed by atoms with E-state index in [0.29, 0.717) is 5.01 Å². The van der Waals surface area contributed by atoms with Crippen LogP contribution in [-0.2, 0) is 10.9 Å². The molecule has 2 amide bonds. The minimum Gasteiger partial charge on any atom is -0.444 e. The quantitative estimate of drug-likeness (QED) is 0.631. The fourth-order valence-corrected chi connectivity index (χ4v) is 3.19. The number of anilines is 1. The number of aromatic nitrogens is 1. The summed E-state index contributed by atoms with van der Waals surface area (Å²) >= 11 is 6.57. The van der Waals surface area contributed by atoms with Crippen molar-refractivity contribution in [3.05, 3.63) is 44.9 Å². The molecule has 0 radical (unpaired) electrons. The summed E-state index contributed by atoms with van der Waals surface area (Å²) in [7, 11) is 0. The third-order valence-corrected chi connectivity index (χ3v) is 4.89. The van der Waals surface area contributed by atoms with Crippen molar-refractivity contribution in [2.45, 2.75) is 45.5 Å². The lowest BCUT2D eigenvalue weighted by Crippen LogP contribution is -2.33. The first-order valence-electron chi connectivity index (χ1n) is 8.39. The zero-order chi connectivity index (χ0) is 22.0. The van der Waals surface area contributed by atoms with Gasteiger partial charge in [-0.3, -0.25) is 4.79 Å². The van der Waals surface area contributed by atoms with Crippen LogP contribution >= 0.6 is 22.9 Å². The Hall–Kier alpha value is -2.33. The van der Waals surface area contributed by atoms with Gasteiger partial charge in [-0.2, -0.15) is 13.2 Å². The van der Waals surface area contributed by atoms with Crippen LogP contribution in [0.4, 0.5) is 23.7 Å². The van der Waals surface area contributed by atoms with Crippen molar-refractivity contribution in [3.8, 4) is 0 Å². The van der Waals surface area contributed by atoms with Gasteiger partial charge in [0.15, 0.2) is 0 Å². The lowest BCUT2D eigenvalue weighted by Gasteiger charge is -2.21. The van der Waals surface area contributed by atoms with E-state index in [0.717, 1.165) is 23.5 Å². The van der Waals surface area contributed by atoms with Gasteiger partial charge in [0.2, 0.25) is 0 Å². The molecule has 1 aromatic carbocycles. The third kappa shape index (κ3) is 6.60. The second-order valence-electron chi connectivity index (χ2n) is 7.08. The number of thiazole rings is 1. The zero-order valence-corrected chi connectivity index (χ0v) is 17.6. The SMILES string of the molecule is CC(NC(=O)OC(C)(C)C)c1ncc(C(=O)Nc2ccc(Cl)c(C(F)(F)F)c2)s1. The fraction of sp³-hybridized carbons (Fsp3) is 0.389. The van der Waals surface area contributed by atoms with Crippen LogP contribution in [0.25, 0.3) is 0 Å². The number of amides is 2. The molecular weight excluding hydrogens is 431 g/mol. The number of ether oxygens (including phenoxy) is 1. The minimum atomic E-state index is -4.64. The Bertz CT molecular complexity index is 910. The lowest BCUT2D eigenvalue weighted by atomic mass is 10.2. The van der Waals surface area contributed by atoms with E-state index in [4.69, 9.17) is 16.3 Å². The molecule has 0 spiro atoms. The molecule has 1 aromatic heterocycles. The van der Waals surface area contributed by atoms with Gasteiger partial charge in [0.25, 0.3) is 5.91 Å². The average Bonchev–Trinajstić information content (AvgIpc) is 3.04. The number of nitrogens with zero attached hydrogens (tertiary/aromatic N) is 1. The first-order chi connectivity index (χ1) is 13.3. The number of hydrogen-bond acceptors (Lipinski definition) is 5. The second-order valence-corrected chi connectivity index (χ2v) is 8.55. The number of carbonyl (C=O) groups excluding carboxylic acids is 2. The Morgan fingerprint density at radius 1 is 1.24 bits per heavy atom. The Morgan fingerprint density at radius 2 is 1.90 bits per heavy atom. The summed E-state index contributed by atoms with van der Waals surface area (Å²) in [4.78, 5) is 28.4. The van der Waals surface area contributed by atoms with E-state index in [1.54, 1.807) is 27.7 Å². The van der Waals surface area contributed by atoms with E-state index >= 15 is 0 Å². The molecule has 158 valence electrons.